The van der Waals surface area contributed by atoms with E-state index in [4.69, 9.17) is 4.74 Å². The highest BCUT2D eigenvalue weighted by Crippen LogP contribution is 2.17. The zero-order valence-electron chi connectivity index (χ0n) is 16.5. The van der Waals surface area contributed by atoms with Crippen molar-refractivity contribution in [3.8, 4) is 0 Å². The molecule has 1 unspecified atom stereocenters. The average molecular weight is 392 g/mol. The Morgan fingerprint density at radius 3 is 2.72 bits per heavy atom. The number of fused-ring (bicyclic) bond motifs is 2. The van der Waals surface area contributed by atoms with Crippen molar-refractivity contribution in [2.75, 3.05) is 20.2 Å². The average Bonchev–Trinajstić information content (AvgIpc) is 3.16. The third-order valence-electron chi connectivity index (χ3n) is 5.72. The zero-order valence-corrected chi connectivity index (χ0v) is 16.5. The van der Waals surface area contributed by atoms with Crippen LogP contribution in [0, 0.1) is 0 Å². The fraction of sp³-hybridized carbons (Fsp3) is 0.304. The lowest BCUT2D eigenvalue weighted by Gasteiger charge is -2.31. The van der Waals surface area contributed by atoms with E-state index in [-0.39, 0.29) is 24.5 Å². The number of para-hydroxylation sites is 1. The number of amides is 1. The molecule has 150 valence electrons. The molecule has 3 aromatic rings. The number of esters is 1. The fourth-order valence-electron chi connectivity index (χ4n) is 4.18. The maximum Gasteiger partial charge on any atom is 0.365 e. The van der Waals surface area contributed by atoms with E-state index in [0.29, 0.717) is 19.5 Å². The summed E-state index contributed by atoms with van der Waals surface area (Å²) in [5.74, 6) is -0.311. The van der Waals surface area contributed by atoms with Gasteiger partial charge in [0.15, 0.2) is 12.6 Å². The number of ether oxygens (including phenoxy) is 1. The van der Waals surface area contributed by atoms with Gasteiger partial charge in [-0.15, -0.1) is 0 Å². The number of hydrogen-bond acceptors (Lipinski definition) is 3. The minimum absolute atomic E-state index is 0.0480. The second-order valence-corrected chi connectivity index (χ2v) is 7.52. The molecule has 6 heteroatoms. The Morgan fingerprint density at radius 2 is 1.90 bits per heavy atom. The Morgan fingerprint density at radius 1 is 1.14 bits per heavy atom. The monoisotopic (exact) mass is 392 g/mol. The minimum atomic E-state index is -0.353. The summed E-state index contributed by atoms with van der Waals surface area (Å²) in [4.78, 5) is 29.1. The van der Waals surface area contributed by atoms with E-state index in [0.717, 1.165) is 22.4 Å². The van der Waals surface area contributed by atoms with Gasteiger partial charge in [0.25, 0.3) is 5.91 Å². The first-order valence-electron chi connectivity index (χ1n) is 9.96. The number of aromatic amines is 1. The largest absolute Gasteiger partial charge is 0.465 e. The molecule has 4 rings (SSSR count). The van der Waals surface area contributed by atoms with Crippen molar-refractivity contribution < 1.29 is 19.2 Å². The molecular weight excluding hydrogens is 366 g/mol. The molecule has 29 heavy (non-hydrogen) atoms. The minimum Gasteiger partial charge on any atom is -0.465 e. The van der Waals surface area contributed by atoms with Crippen molar-refractivity contribution >= 4 is 22.8 Å². The highest BCUT2D eigenvalue weighted by Gasteiger charge is 2.36. The van der Waals surface area contributed by atoms with Crippen LogP contribution < -0.4 is 10.2 Å². The van der Waals surface area contributed by atoms with Crippen molar-refractivity contribution in [2.24, 2.45) is 0 Å². The van der Waals surface area contributed by atoms with Gasteiger partial charge in [0.1, 0.15) is 6.54 Å². The third kappa shape index (κ3) is 4.17. The Balaban J connectivity index is 1.37. The number of benzene rings is 2. The number of methoxy groups -OCH3 is 1. The van der Waals surface area contributed by atoms with Crippen LogP contribution in [0.4, 0.5) is 0 Å². The Hall–Kier alpha value is -3.12. The number of hydrogen-bond donors (Lipinski definition) is 3. The summed E-state index contributed by atoms with van der Waals surface area (Å²) in [6.45, 7) is 1.46. The molecule has 0 saturated heterocycles. The van der Waals surface area contributed by atoms with E-state index in [2.05, 4.69) is 22.4 Å². The molecule has 2 atom stereocenters. The van der Waals surface area contributed by atoms with Crippen LogP contribution in [0.1, 0.15) is 16.7 Å². The van der Waals surface area contributed by atoms with Gasteiger partial charge in [0.2, 0.25) is 0 Å². The molecule has 2 aromatic carbocycles. The second kappa shape index (κ2) is 8.49. The lowest BCUT2D eigenvalue weighted by molar-refractivity contribution is -0.924. The van der Waals surface area contributed by atoms with Crippen LogP contribution in [0.15, 0.2) is 54.7 Å². The first kappa shape index (κ1) is 19.2. The first-order chi connectivity index (χ1) is 14.2. The molecule has 1 aromatic heterocycles. The Bertz CT molecular complexity index is 1030. The van der Waals surface area contributed by atoms with Gasteiger partial charge in [0.05, 0.1) is 7.11 Å². The molecule has 0 aliphatic carbocycles. The zero-order chi connectivity index (χ0) is 20.2. The molecule has 2 heterocycles. The highest BCUT2D eigenvalue weighted by molar-refractivity contribution is 5.83. The second-order valence-electron chi connectivity index (χ2n) is 7.52. The van der Waals surface area contributed by atoms with Crippen LogP contribution in [0.5, 0.6) is 0 Å². The summed E-state index contributed by atoms with van der Waals surface area (Å²) < 4.78 is 4.99. The molecule has 3 N–H and O–H groups in total. The van der Waals surface area contributed by atoms with Gasteiger partial charge in [-0.3, -0.25) is 4.79 Å². The van der Waals surface area contributed by atoms with E-state index in [1.54, 1.807) is 0 Å². The van der Waals surface area contributed by atoms with Gasteiger partial charge in [-0.1, -0.05) is 42.5 Å². The van der Waals surface area contributed by atoms with Crippen LogP contribution in [0.3, 0.4) is 0 Å². The standard InChI is InChI=1S/C23H25N3O3/c1-29-23(28)21-12-16-6-2-3-7-18(16)14-26(21)15-22(27)24-11-10-17-13-25-20-9-5-4-8-19(17)20/h2-9,13,21,25H,10-12,14-15H2,1H3,(H,24,27)/p+1/t21-/m1/s1. The number of nitrogens with one attached hydrogen (secondary N) is 3. The summed E-state index contributed by atoms with van der Waals surface area (Å²) in [6, 6.07) is 15.9. The lowest BCUT2D eigenvalue weighted by Crippen LogP contribution is -3.17. The van der Waals surface area contributed by atoms with Crippen LogP contribution in [0.2, 0.25) is 0 Å². The van der Waals surface area contributed by atoms with Crippen molar-refractivity contribution in [2.45, 2.75) is 25.4 Å². The van der Waals surface area contributed by atoms with E-state index < -0.39 is 0 Å². The van der Waals surface area contributed by atoms with Crippen LogP contribution in [-0.2, 0) is 33.7 Å². The number of rotatable bonds is 6. The molecule has 0 radical (unpaired) electrons. The first-order valence-corrected chi connectivity index (χ1v) is 9.96. The third-order valence-corrected chi connectivity index (χ3v) is 5.72. The molecule has 6 nitrogen and oxygen atoms in total. The smallest absolute Gasteiger partial charge is 0.365 e. The summed E-state index contributed by atoms with van der Waals surface area (Å²) in [5, 5.41) is 4.19. The number of quaternary nitrogens is 1. The number of carbonyl (C=O) groups is 2. The molecule has 0 fully saturated rings. The van der Waals surface area contributed by atoms with Crippen molar-refractivity contribution in [3.05, 3.63) is 71.4 Å². The SMILES string of the molecule is COC(=O)[C@H]1Cc2ccccc2C[NH+]1CC(=O)NCCc1c[nH]c2ccccc12. The molecule has 0 bridgehead atoms. The van der Waals surface area contributed by atoms with Gasteiger partial charge >= 0.3 is 5.97 Å². The van der Waals surface area contributed by atoms with Crippen LogP contribution >= 0.6 is 0 Å². The molecule has 1 amide bonds. The van der Waals surface area contributed by atoms with Crippen molar-refractivity contribution in [3.63, 3.8) is 0 Å². The van der Waals surface area contributed by atoms with Gasteiger partial charge in [-0.05, 0) is 23.6 Å². The van der Waals surface area contributed by atoms with Crippen LogP contribution in [-0.4, -0.2) is 43.1 Å². The van der Waals surface area contributed by atoms with Gasteiger partial charge in [-0.2, -0.15) is 0 Å². The fourth-order valence-corrected chi connectivity index (χ4v) is 4.18. The molecule has 1 aliphatic rings. The van der Waals surface area contributed by atoms with Crippen molar-refractivity contribution in [1.82, 2.24) is 10.3 Å². The maximum atomic E-state index is 12.6. The summed E-state index contributed by atoms with van der Waals surface area (Å²) in [5.41, 5.74) is 4.64. The van der Waals surface area contributed by atoms with E-state index in [9.17, 15) is 9.59 Å². The van der Waals surface area contributed by atoms with Crippen LogP contribution in [0.25, 0.3) is 10.9 Å². The molecule has 1 aliphatic heterocycles. The van der Waals surface area contributed by atoms with E-state index in [1.807, 2.05) is 42.6 Å². The quantitative estimate of drug-likeness (QED) is 0.548. The molecule has 0 spiro atoms. The van der Waals surface area contributed by atoms with E-state index in [1.165, 1.54) is 23.6 Å². The number of carbonyl (C=O) groups excluding carboxylic acids is 2. The predicted octanol–water partition coefficient (Wildman–Crippen LogP) is 1.01. The highest BCUT2D eigenvalue weighted by atomic mass is 16.5. The van der Waals surface area contributed by atoms with E-state index >= 15 is 0 Å². The van der Waals surface area contributed by atoms with Gasteiger partial charge < -0.3 is 19.9 Å². The van der Waals surface area contributed by atoms with Crippen molar-refractivity contribution in [1.29, 1.82) is 0 Å². The summed E-state index contributed by atoms with van der Waals surface area (Å²) in [7, 11) is 1.40. The predicted molar refractivity (Wildman–Crippen MR) is 110 cm³/mol. The maximum absolute atomic E-state index is 12.6. The Kier molecular flexibility index (Phi) is 5.62. The number of aromatic nitrogens is 1. The van der Waals surface area contributed by atoms with Gasteiger partial charge in [-0.25, -0.2) is 4.79 Å². The normalized spacial score (nSPS) is 18.2. The topological polar surface area (TPSA) is 75.6 Å². The molecular formula is C23H26N3O3+. The summed E-state index contributed by atoms with van der Waals surface area (Å²) >= 11 is 0. The molecule has 0 saturated carbocycles. The lowest BCUT2D eigenvalue weighted by atomic mass is 9.94. The summed E-state index contributed by atoms with van der Waals surface area (Å²) in [6.07, 6.45) is 3.35. The van der Waals surface area contributed by atoms with Gasteiger partial charge in [0, 0.05) is 35.6 Å². The Labute approximate surface area is 169 Å². The number of H-pyrrole nitrogens is 1.